The van der Waals surface area contributed by atoms with Crippen LogP contribution in [0.15, 0.2) is 89.5 Å². The molecule has 2 aliphatic rings. The maximum Gasteiger partial charge on any atom is 0.209 e. The number of fused-ring (bicyclic) bond motifs is 2. The third-order valence-corrected chi connectivity index (χ3v) is 9.32. The van der Waals surface area contributed by atoms with Gasteiger partial charge in [0.25, 0.3) is 0 Å². The minimum atomic E-state index is -0.207. The molecule has 234 valence electrons. The van der Waals surface area contributed by atoms with Crippen molar-refractivity contribution in [3.63, 3.8) is 0 Å². The quantitative estimate of drug-likeness (QED) is 0.0535. The Morgan fingerprint density at radius 2 is 1.70 bits per heavy atom. The van der Waals surface area contributed by atoms with Crippen molar-refractivity contribution in [2.75, 3.05) is 18.0 Å². The van der Waals surface area contributed by atoms with Crippen molar-refractivity contribution in [1.29, 1.82) is 0 Å². The summed E-state index contributed by atoms with van der Waals surface area (Å²) in [5.41, 5.74) is 8.51. The van der Waals surface area contributed by atoms with Crippen molar-refractivity contribution < 1.29 is 24.0 Å². The van der Waals surface area contributed by atoms with E-state index in [1.54, 1.807) is 6.92 Å². The molecule has 7 heteroatoms. The molecule has 0 spiro atoms. The van der Waals surface area contributed by atoms with Crippen molar-refractivity contribution in [3.05, 3.63) is 101 Å². The van der Waals surface area contributed by atoms with Crippen LogP contribution >= 0.6 is 12.0 Å². The number of benzene rings is 2. The smallest absolute Gasteiger partial charge is 0.209 e. The van der Waals surface area contributed by atoms with Crippen LogP contribution in [0, 0.1) is 6.92 Å². The molecule has 2 aliphatic heterocycles. The highest BCUT2D eigenvalue weighted by Crippen LogP contribution is 2.48. The average molecular weight is 615 g/mol. The molecule has 2 aromatic rings. The van der Waals surface area contributed by atoms with E-state index in [2.05, 4.69) is 133 Å². The summed E-state index contributed by atoms with van der Waals surface area (Å²) in [5, 5.41) is 13.8. The minimum absolute atomic E-state index is 0.0927. The molecule has 0 aliphatic carbocycles. The van der Waals surface area contributed by atoms with E-state index in [1.807, 2.05) is 6.07 Å². The first-order valence-electron chi connectivity index (χ1n) is 15.5. The Morgan fingerprint density at radius 3 is 2.43 bits per heavy atom. The molecule has 0 saturated carbocycles. The van der Waals surface area contributed by atoms with Crippen LogP contribution in [0.1, 0.15) is 83.9 Å². The summed E-state index contributed by atoms with van der Waals surface area (Å²) in [6.07, 6.45) is 18.6. The number of hydrogen-bond acceptors (Lipinski definition) is 6. The number of hydrogen-bond donors (Lipinski definition) is 0. The molecule has 6 nitrogen and oxygen atoms in total. The van der Waals surface area contributed by atoms with Crippen molar-refractivity contribution in [3.8, 4) is 0 Å². The number of anilines is 1. The monoisotopic (exact) mass is 614 g/mol. The topological polar surface area (TPSA) is 64.8 Å². The van der Waals surface area contributed by atoms with E-state index < -0.39 is 0 Å². The van der Waals surface area contributed by atoms with Gasteiger partial charge in [-0.05, 0) is 83.4 Å². The number of Topliss-reactive ketones (excluding diaryl/α,β-unsaturated/α-hetero) is 1. The highest BCUT2D eigenvalue weighted by Gasteiger charge is 2.44. The number of likely N-dealkylation sites (N-methyl/N-ethyl adjacent to an activating group) is 1. The third-order valence-electron chi connectivity index (χ3n) is 8.75. The lowest BCUT2D eigenvalue weighted by Gasteiger charge is -2.25. The number of carbonyl (C=O) groups is 1. The fraction of sp³-hybridized carbons (Fsp3) is 0.405. The first-order chi connectivity index (χ1) is 21.0. The summed E-state index contributed by atoms with van der Waals surface area (Å²) in [4.78, 5) is 14.5. The second kappa shape index (κ2) is 14.7. The van der Waals surface area contributed by atoms with Crippen molar-refractivity contribution in [1.82, 2.24) is 0 Å². The molecule has 44 heavy (non-hydrogen) atoms. The fourth-order valence-electron chi connectivity index (χ4n) is 6.44. The zero-order valence-electron chi connectivity index (χ0n) is 27.2. The van der Waals surface area contributed by atoms with Crippen LogP contribution in [0.3, 0.4) is 0 Å². The average Bonchev–Trinajstić information content (AvgIpc) is 3.32. The zero-order chi connectivity index (χ0) is 31.9. The Bertz CT molecular complexity index is 1510. The van der Waals surface area contributed by atoms with Crippen LogP contribution in [-0.2, 0) is 25.0 Å². The molecule has 0 aromatic heterocycles. The van der Waals surface area contributed by atoms with E-state index in [0.717, 1.165) is 49.3 Å². The van der Waals surface area contributed by atoms with Crippen LogP contribution in [0.5, 0.6) is 0 Å². The number of nitrogens with zero attached hydrogens (tertiary/aromatic N) is 2. The molecular formula is C37H46N2O4S. The molecule has 0 unspecified atom stereocenters. The molecule has 0 amide bonds. The third kappa shape index (κ3) is 7.35. The van der Waals surface area contributed by atoms with Gasteiger partial charge >= 0.3 is 0 Å². The molecule has 0 bridgehead atoms. The lowest BCUT2D eigenvalue weighted by Crippen LogP contribution is -2.28. The molecule has 0 radical (unpaired) electrons. The Balaban J connectivity index is 1.49. The number of rotatable bonds is 14. The molecule has 0 fully saturated rings. The molecule has 2 aromatic carbocycles. The summed E-state index contributed by atoms with van der Waals surface area (Å²) >= 11 is 0.921. The Labute approximate surface area is 267 Å². The van der Waals surface area contributed by atoms with Gasteiger partial charge in [0, 0.05) is 58.8 Å². The summed E-state index contributed by atoms with van der Waals surface area (Å²) in [6.45, 7) is 16.8. The van der Waals surface area contributed by atoms with Gasteiger partial charge in [-0.1, -0.05) is 55.9 Å². The molecular weight excluding hydrogens is 568 g/mol. The first-order valence-corrected chi connectivity index (χ1v) is 16.3. The number of allylic oxidation sites excluding steroid dienone is 8. The second-order valence-electron chi connectivity index (χ2n) is 12.6. The van der Waals surface area contributed by atoms with Gasteiger partial charge in [0.05, 0.1) is 17.5 Å². The SMILES string of the molecule is CCN1C(=CC=CC=CC=CC2=[N+](CCCCCC(C)=O)c3ccc(C)cc3C2(C)C)C(C)(C)c2cc(SOO[O-])ccc21. The van der Waals surface area contributed by atoms with E-state index in [4.69, 9.17) is 0 Å². The van der Waals surface area contributed by atoms with Gasteiger partial charge in [-0.2, -0.15) is 8.91 Å². The molecule has 0 atom stereocenters. The van der Waals surface area contributed by atoms with Crippen molar-refractivity contribution in [2.45, 2.75) is 89.9 Å². The standard InChI is InChI=1S/C37H46N2O4S/c1-8-38-32-23-21-29(44-43-42-41)26-31(32)37(6,7)34(38)18-14-10-9-11-15-19-35-36(4,5)30-25-27(2)20-22-33(30)39(35)24-16-12-13-17-28(3)40/h9-11,14-15,18-23,25-26H,8,12-13,16-17,24H2,1-7H3. The predicted molar refractivity (Wildman–Crippen MR) is 179 cm³/mol. The fourth-order valence-corrected chi connectivity index (χ4v) is 6.83. The van der Waals surface area contributed by atoms with Gasteiger partial charge < -0.3 is 15.0 Å². The summed E-state index contributed by atoms with van der Waals surface area (Å²) < 4.78 is 7.01. The number of ketones is 1. The van der Waals surface area contributed by atoms with E-state index in [0.29, 0.717) is 6.42 Å². The van der Waals surface area contributed by atoms with E-state index in [-0.39, 0.29) is 16.6 Å². The highest BCUT2D eigenvalue weighted by atomic mass is 32.2. The van der Waals surface area contributed by atoms with Crippen LogP contribution in [0.4, 0.5) is 11.4 Å². The van der Waals surface area contributed by atoms with Crippen LogP contribution in [0.2, 0.25) is 0 Å². The van der Waals surface area contributed by atoms with Crippen molar-refractivity contribution >= 4 is 34.9 Å². The van der Waals surface area contributed by atoms with Gasteiger partial charge in [0.1, 0.15) is 12.3 Å². The van der Waals surface area contributed by atoms with Crippen LogP contribution in [0.25, 0.3) is 0 Å². The Hall–Kier alpha value is -3.23. The number of aryl methyl sites for hydroxylation is 1. The van der Waals surface area contributed by atoms with Crippen molar-refractivity contribution in [2.24, 2.45) is 0 Å². The zero-order valence-corrected chi connectivity index (χ0v) is 28.0. The lowest BCUT2D eigenvalue weighted by molar-refractivity contribution is -0.777. The maximum atomic E-state index is 11.4. The van der Waals surface area contributed by atoms with E-state index in [1.165, 1.54) is 39.5 Å². The second-order valence-corrected chi connectivity index (χ2v) is 13.4. The molecule has 0 saturated heterocycles. The summed E-state index contributed by atoms with van der Waals surface area (Å²) in [7, 11) is 0. The summed E-state index contributed by atoms with van der Waals surface area (Å²) in [6, 6.07) is 12.9. The molecule has 4 rings (SSSR count). The van der Waals surface area contributed by atoms with Crippen LogP contribution in [-0.4, -0.2) is 29.2 Å². The molecule has 2 heterocycles. The van der Waals surface area contributed by atoms with E-state index in [9.17, 15) is 10.1 Å². The highest BCUT2D eigenvalue weighted by molar-refractivity contribution is 7.94. The van der Waals surface area contributed by atoms with Gasteiger partial charge in [-0.25, -0.2) is 0 Å². The predicted octanol–water partition coefficient (Wildman–Crippen LogP) is 8.12. The Morgan fingerprint density at radius 1 is 0.955 bits per heavy atom. The normalized spacial score (nSPS) is 18.0. The lowest BCUT2D eigenvalue weighted by atomic mass is 9.81. The van der Waals surface area contributed by atoms with Crippen LogP contribution < -0.4 is 10.2 Å². The number of carbonyl (C=O) groups excluding carboxylic acids is 1. The van der Waals surface area contributed by atoms with Gasteiger partial charge in [-0.3, -0.25) is 5.04 Å². The maximum absolute atomic E-state index is 11.4. The van der Waals surface area contributed by atoms with Gasteiger partial charge in [-0.15, -0.1) is 0 Å². The Kier molecular flexibility index (Phi) is 11.2. The first kappa shape index (κ1) is 33.7. The van der Waals surface area contributed by atoms with E-state index >= 15 is 0 Å². The number of unbranched alkanes of at least 4 members (excludes halogenated alkanes) is 2. The largest absolute Gasteiger partial charge is 0.691 e. The molecule has 0 N–H and O–H groups in total. The summed E-state index contributed by atoms with van der Waals surface area (Å²) in [5.74, 6) is 0.271. The van der Waals surface area contributed by atoms with Gasteiger partial charge in [0.2, 0.25) is 5.69 Å². The minimum Gasteiger partial charge on any atom is -0.691 e. The van der Waals surface area contributed by atoms with Gasteiger partial charge in [0.15, 0.2) is 5.71 Å².